The van der Waals surface area contributed by atoms with Crippen LogP contribution in [0.4, 0.5) is 5.00 Å². The van der Waals surface area contributed by atoms with E-state index in [0.29, 0.717) is 44.4 Å². The molecule has 0 aliphatic rings. The summed E-state index contributed by atoms with van der Waals surface area (Å²) in [5, 5.41) is 14.9. The molecule has 0 spiro atoms. The van der Waals surface area contributed by atoms with E-state index in [1.54, 1.807) is 12.1 Å². The fourth-order valence-electron chi connectivity index (χ4n) is 3.58. The van der Waals surface area contributed by atoms with E-state index in [0.717, 1.165) is 11.1 Å². The van der Waals surface area contributed by atoms with E-state index in [1.165, 1.54) is 30.2 Å². The molecule has 0 aliphatic carbocycles. The first-order valence-corrected chi connectivity index (χ1v) is 13.6. The number of amides is 1. The Labute approximate surface area is 228 Å². The summed E-state index contributed by atoms with van der Waals surface area (Å²) in [6.07, 6.45) is 0. The number of thiophene rings is 1. The number of aryl methyl sites for hydroxylation is 1. The molecule has 2 heterocycles. The summed E-state index contributed by atoms with van der Waals surface area (Å²) in [7, 11) is 1.32. The smallest absolute Gasteiger partial charge is 0.341 e. The quantitative estimate of drug-likeness (QED) is 0.187. The zero-order chi connectivity index (χ0) is 26.4. The molecule has 37 heavy (non-hydrogen) atoms. The van der Waals surface area contributed by atoms with Crippen molar-refractivity contribution in [2.75, 3.05) is 18.2 Å². The van der Waals surface area contributed by atoms with Gasteiger partial charge in [-0.25, -0.2) is 4.79 Å². The molecule has 4 rings (SSSR count). The van der Waals surface area contributed by atoms with Crippen molar-refractivity contribution in [3.8, 4) is 16.9 Å². The lowest BCUT2D eigenvalue weighted by molar-refractivity contribution is -0.113. The van der Waals surface area contributed by atoms with Crippen LogP contribution in [0, 0.1) is 6.92 Å². The predicted octanol–water partition coefficient (Wildman–Crippen LogP) is 6.08. The summed E-state index contributed by atoms with van der Waals surface area (Å²) in [6.45, 7) is 4.74. The first kappa shape index (κ1) is 26.7. The summed E-state index contributed by atoms with van der Waals surface area (Å²) in [5.41, 5.74) is 2.85. The number of benzene rings is 2. The Hall–Kier alpha value is -3.34. The fraction of sp³-hybridized carbons (Fsp3) is 0.231. The van der Waals surface area contributed by atoms with E-state index in [-0.39, 0.29) is 18.3 Å². The summed E-state index contributed by atoms with van der Waals surface area (Å²) in [6, 6.07) is 15.0. The highest BCUT2D eigenvalue weighted by Crippen LogP contribution is 2.36. The van der Waals surface area contributed by atoms with Gasteiger partial charge in [-0.15, -0.1) is 21.5 Å². The van der Waals surface area contributed by atoms with Crippen LogP contribution in [0.2, 0.25) is 5.02 Å². The molecular weight excluding hydrogens is 532 g/mol. The Balaban J connectivity index is 1.41. The van der Waals surface area contributed by atoms with Crippen molar-refractivity contribution in [3.63, 3.8) is 0 Å². The summed E-state index contributed by atoms with van der Waals surface area (Å²) in [4.78, 5) is 25.3. The van der Waals surface area contributed by atoms with Gasteiger partial charge in [-0.05, 0) is 43.2 Å². The minimum atomic E-state index is -0.505. The number of hydrogen-bond acceptors (Lipinski definition) is 8. The first-order valence-electron chi connectivity index (χ1n) is 11.4. The van der Waals surface area contributed by atoms with Crippen molar-refractivity contribution in [2.45, 2.75) is 32.2 Å². The molecule has 1 N–H and O–H groups in total. The van der Waals surface area contributed by atoms with Crippen LogP contribution >= 0.6 is 34.7 Å². The second-order valence-electron chi connectivity index (χ2n) is 7.89. The lowest BCUT2D eigenvalue weighted by atomic mass is 10.0. The van der Waals surface area contributed by atoms with Gasteiger partial charge in [-0.2, -0.15) is 0 Å². The Kier molecular flexibility index (Phi) is 8.86. The molecule has 0 fully saturated rings. The van der Waals surface area contributed by atoms with E-state index >= 15 is 0 Å². The zero-order valence-electron chi connectivity index (χ0n) is 20.5. The molecule has 0 saturated heterocycles. The number of esters is 1. The molecule has 0 aliphatic heterocycles. The number of carbonyl (C=O) groups is 2. The monoisotopic (exact) mass is 556 g/mol. The number of carbonyl (C=O) groups excluding carboxylic acids is 2. The number of thioether (sulfide) groups is 1. The molecule has 0 saturated carbocycles. The van der Waals surface area contributed by atoms with Crippen molar-refractivity contribution in [1.82, 2.24) is 14.8 Å². The van der Waals surface area contributed by atoms with E-state index in [1.807, 2.05) is 60.2 Å². The van der Waals surface area contributed by atoms with E-state index in [9.17, 15) is 9.59 Å². The number of methoxy groups -OCH3 is 1. The average Bonchev–Trinajstić information content (AvgIpc) is 3.51. The van der Waals surface area contributed by atoms with Crippen molar-refractivity contribution in [2.24, 2.45) is 0 Å². The minimum absolute atomic E-state index is 0.0918. The number of halogens is 1. The molecule has 8 nitrogen and oxygen atoms in total. The molecule has 0 unspecified atom stereocenters. The van der Waals surface area contributed by atoms with Crippen molar-refractivity contribution < 1.29 is 19.1 Å². The standard InChI is InChI=1S/C26H25ClN4O4S2/c1-4-31-21(13-35-18-10-11-20(27)16(2)12-18)29-30-26(31)37-15-22(32)28-24-23(25(33)34-3)19(14-36-24)17-8-6-5-7-9-17/h5-12,14H,4,13,15H2,1-3H3,(H,28,32). The number of anilines is 1. The number of aromatic nitrogens is 3. The molecule has 0 radical (unpaired) electrons. The molecule has 0 bridgehead atoms. The van der Waals surface area contributed by atoms with E-state index in [2.05, 4.69) is 15.5 Å². The molecule has 192 valence electrons. The summed E-state index contributed by atoms with van der Waals surface area (Å²) in [5.74, 6) is 0.658. The Bertz CT molecular complexity index is 1410. The number of ether oxygens (including phenoxy) is 2. The SMILES string of the molecule is CCn1c(COc2ccc(Cl)c(C)c2)nnc1SCC(=O)Nc1scc(-c2ccccc2)c1C(=O)OC. The summed E-state index contributed by atoms with van der Waals surface area (Å²) < 4.78 is 12.7. The zero-order valence-corrected chi connectivity index (χ0v) is 22.9. The molecule has 4 aromatic rings. The van der Waals surface area contributed by atoms with Crippen molar-refractivity contribution in [1.29, 1.82) is 0 Å². The minimum Gasteiger partial charge on any atom is -0.486 e. The van der Waals surface area contributed by atoms with Gasteiger partial charge in [0.25, 0.3) is 0 Å². The Morgan fingerprint density at radius 1 is 1.16 bits per heavy atom. The van der Waals surface area contributed by atoms with Gasteiger partial charge in [-0.1, -0.05) is 53.7 Å². The number of hydrogen-bond donors (Lipinski definition) is 1. The van der Waals surface area contributed by atoms with Crippen LogP contribution in [0.3, 0.4) is 0 Å². The molecule has 2 aromatic carbocycles. The predicted molar refractivity (Wildman–Crippen MR) is 147 cm³/mol. The highest BCUT2D eigenvalue weighted by Gasteiger charge is 2.23. The van der Waals surface area contributed by atoms with Gasteiger partial charge in [0, 0.05) is 22.5 Å². The van der Waals surface area contributed by atoms with Gasteiger partial charge < -0.3 is 19.4 Å². The maximum absolute atomic E-state index is 12.8. The lowest BCUT2D eigenvalue weighted by Gasteiger charge is -2.10. The van der Waals surface area contributed by atoms with Gasteiger partial charge in [0.1, 0.15) is 22.9 Å². The highest BCUT2D eigenvalue weighted by atomic mass is 35.5. The van der Waals surface area contributed by atoms with Gasteiger partial charge in [0.15, 0.2) is 11.0 Å². The van der Waals surface area contributed by atoms with Crippen LogP contribution in [-0.2, 0) is 22.7 Å². The van der Waals surface area contributed by atoms with E-state index in [4.69, 9.17) is 21.1 Å². The van der Waals surface area contributed by atoms with Crippen molar-refractivity contribution >= 4 is 51.6 Å². The maximum atomic E-state index is 12.8. The number of rotatable bonds is 10. The second-order valence-corrected chi connectivity index (χ2v) is 10.1. The third kappa shape index (κ3) is 6.33. The van der Waals surface area contributed by atoms with Gasteiger partial charge in [-0.3, -0.25) is 4.79 Å². The Morgan fingerprint density at radius 3 is 2.65 bits per heavy atom. The average molecular weight is 557 g/mol. The molecule has 11 heteroatoms. The molecule has 0 atom stereocenters. The van der Waals surface area contributed by atoms with Gasteiger partial charge in [0.2, 0.25) is 5.91 Å². The van der Waals surface area contributed by atoms with Crippen LogP contribution in [0.1, 0.15) is 28.7 Å². The Morgan fingerprint density at radius 2 is 1.95 bits per heavy atom. The largest absolute Gasteiger partial charge is 0.486 e. The number of nitrogens with one attached hydrogen (secondary N) is 1. The second kappa shape index (κ2) is 12.3. The van der Waals surface area contributed by atoms with Crippen molar-refractivity contribution in [3.05, 3.63) is 75.9 Å². The number of nitrogens with zero attached hydrogens (tertiary/aromatic N) is 3. The third-order valence-corrected chi connectivity index (χ3v) is 7.74. The fourth-order valence-corrected chi connectivity index (χ4v) is 5.49. The lowest BCUT2D eigenvalue weighted by Crippen LogP contribution is -2.16. The molecule has 1 amide bonds. The van der Waals surface area contributed by atoms with Gasteiger partial charge >= 0.3 is 5.97 Å². The summed E-state index contributed by atoms with van der Waals surface area (Å²) >= 11 is 8.63. The highest BCUT2D eigenvalue weighted by molar-refractivity contribution is 7.99. The van der Waals surface area contributed by atoms with Crippen LogP contribution < -0.4 is 10.1 Å². The first-order chi connectivity index (χ1) is 17.9. The van der Waals surface area contributed by atoms with E-state index < -0.39 is 5.97 Å². The van der Waals surface area contributed by atoms with Crippen LogP contribution in [0.5, 0.6) is 5.75 Å². The molecule has 2 aromatic heterocycles. The third-order valence-electron chi connectivity index (χ3n) is 5.46. The normalized spacial score (nSPS) is 10.8. The topological polar surface area (TPSA) is 95.3 Å². The molecular formula is C26H25ClN4O4S2. The van der Waals surface area contributed by atoms with Crippen LogP contribution in [0.25, 0.3) is 11.1 Å². The van der Waals surface area contributed by atoms with Crippen LogP contribution in [-0.4, -0.2) is 39.5 Å². The maximum Gasteiger partial charge on any atom is 0.341 e. The van der Waals surface area contributed by atoms with Gasteiger partial charge in [0.05, 0.1) is 12.9 Å². The van der Waals surface area contributed by atoms with Crippen LogP contribution in [0.15, 0.2) is 59.1 Å².